The Labute approximate surface area is 108 Å². The van der Waals surface area contributed by atoms with E-state index in [1.54, 1.807) is 26.0 Å². The van der Waals surface area contributed by atoms with Crippen molar-refractivity contribution in [1.29, 1.82) is 0 Å². The lowest BCUT2D eigenvalue weighted by atomic mass is 10.1. The van der Waals surface area contributed by atoms with E-state index in [0.717, 1.165) is 0 Å². The van der Waals surface area contributed by atoms with Crippen molar-refractivity contribution in [3.05, 3.63) is 23.7 Å². The van der Waals surface area contributed by atoms with Crippen molar-refractivity contribution in [1.82, 2.24) is 5.32 Å². The third kappa shape index (κ3) is 4.16. The zero-order valence-corrected chi connectivity index (χ0v) is 10.5. The van der Waals surface area contributed by atoms with Crippen LogP contribution in [-0.2, 0) is 0 Å². The average Bonchev–Trinajstić information content (AvgIpc) is 2.73. The largest absolute Gasteiger partial charge is 0.465 e. The first kappa shape index (κ1) is 15.4. The molecule has 0 aliphatic heterocycles. The standard InChI is InChI=1S/C11H16F3N3O2/c1-6-3-4-9(19-6)7(2)16-5-8(10(15)17-18)11(12,13)14/h3-4,7-8,16,18H,5H2,1-2H3,(H2,15,17). The number of rotatable bonds is 5. The molecule has 0 aromatic carbocycles. The van der Waals surface area contributed by atoms with Crippen LogP contribution in [0.4, 0.5) is 13.2 Å². The zero-order valence-electron chi connectivity index (χ0n) is 10.5. The molecule has 1 rings (SSSR count). The maximum absolute atomic E-state index is 12.7. The molecule has 0 spiro atoms. The molecule has 0 aliphatic carbocycles. The van der Waals surface area contributed by atoms with E-state index in [1.807, 2.05) is 0 Å². The summed E-state index contributed by atoms with van der Waals surface area (Å²) in [6, 6.07) is 2.99. The summed E-state index contributed by atoms with van der Waals surface area (Å²) >= 11 is 0. The van der Waals surface area contributed by atoms with Crippen molar-refractivity contribution in [2.24, 2.45) is 16.8 Å². The van der Waals surface area contributed by atoms with E-state index in [2.05, 4.69) is 10.5 Å². The molecule has 2 unspecified atom stereocenters. The van der Waals surface area contributed by atoms with Crippen LogP contribution in [0.5, 0.6) is 0 Å². The van der Waals surface area contributed by atoms with Crippen LogP contribution in [-0.4, -0.2) is 23.8 Å². The highest BCUT2D eigenvalue weighted by molar-refractivity contribution is 5.83. The van der Waals surface area contributed by atoms with Gasteiger partial charge in [-0.1, -0.05) is 5.16 Å². The van der Waals surface area contributed by atoms with Crippen LogP contribution in [0.3, 0.4) is 0 Å². The van der Waals surface area contributed by atoms with E-state index in [4.69, 9.17) is 15.4 Å². The van der Waals surface area contributed by atoms with Gasteiger partial charge in [0, 0.05) is 6.54 Å². The molecule has 1 heterocycles. The van der Waals surface area contributed by atoms with Gasteiger partial charge in [0.25, 0.3) is 0 Å². The second-order valence-corrected chi connectivity index (χ2v) is 4.20. The topological polar surface area (TPSA) is 83.8 Å². The molecule has 2 atom stereocenters. The molecule has 8 heteroatoms. The van der Waals surface area contributed by atoms with Gasteiger partial charge in [0.1, 0.15) is 17.4 Å². The Bertz CT molecular complexity index is 443. The van der Waals surface area contributed by atoms with Crippen LogP contribution < -0.4 is 11.1 Å². The van der Waals surface area contributed by atoms with E-state index >= 15 is 0 Å². The number of nitrogens with two attached hydrogens (primary N) is 1. The Balaban J connectivity index is 2.67. The first-order chi connectivity index (χ1) is 8.75. The molecule has 4 N–H and O–H groups in total. The first-order valence-corrected chi connectivity index (χ1v) is 5.59. The van der Waals surface area contributed by atoms with Crippen molar-refractivity contribution in [3.8, 4) is 0 Å². The van der Waals surface area contributed by atoms with Gasteiger partial charge in [-0.25, -0.2) is 0 Å². The van der Waals surface area contributed by atoms with E-state index in [1.165, 1.54) is 0 Å². The molecule has 0 aliphatic rings. The molecule has 0 fully saturated rings. The molecule has 1 aromatic heterocycles. The highest BCUT2D eigenvalue weighted by Crippen LogP contribution is 2.26. The SMILES string of the molecule is Cc1ccc(C(C)NCC(/C(N)=N/O)C(F)(F)F)o1. The van der Waals surface area contributed by atoms with E-state index in [-0.39, 0.29) is 0 Å². The number of amidine groups is 1. The highest BCUT2D eigenvalue weighted by Gasteiger charge is 2.42. The lowest BCUT2D eigenvalue weighted by molar-refractivity contribution is -0.155. The number of hydrogen-bond donors (Lipinski definition) is 3. The van der Waals surface area contributed by atoms with Gasteiger partial charge in [0.05, 0.1) is 6.04 Å². The summed E-state index contributed by atoms with van der Waals surface area (Å²) in [5.41, 5.74) is 5.05. The Morgan fingerprint density at radius 1 is 1.53 bits per heavy atom. The van der Waals surface area contributed by atoms with Gasteiger partial charge >= 0.3 is 6.18 Å². The molecule has 0 amide bonds. The normalized spacial score (nSPS) is 16.4. The van der Waals surface area contributed by atoms with Crippen molar-refractivity contribution < 1.29 is 22.8 Å². The quantitative estimate of drug-likeness (QED) is 0.334. The second kappa shape index (κ2) is 5.96. The monoisotopic (exact) mass is 279 g/mol. The first-order valence-electron chi connectivity index (χ1n) is 5.59. The molecular weight excluding hydrogens is 263 g/mol. The fourth-order valence-corrected chi connectivity index (χ4v) is 1.54. The second-order valence-electron chi connectivity index (χ2n) is 4.20. The molecule has 1 aromatic rings. The van der Waals surface area contributed by atoms with E-state index < -0.39 is 30.5 Å². The molecule has 0 bridgehead atoms. The molecule has 108 valence electrons. The number of nitrogens with zero attached hydrogens (tertiary/aromatic N) is 1. The summed E-state index contributed by atoms with van der Waals surface area (Å²) < 4.78 is 43.3. The summed E-state index contributed by atoms with van der Waals surface area (Å²) in [5, 5.41) is 13.4. The fourth-order valence-electron chi connectivity index (χ4n) is 1.54. The van der Waals surface area contributed by atoms with Gasteiger partial charge in [0.2, 0.25) is 0 Å². The third-order valence-electron chi connectivity index (χ3n) is 2.68. The maximum atomic E-state index is 12.7. The summed E-state index contributed by atoms with van der Waals surface area (Å²) in [6.07, 6.45) is -4.58. The van der Waals surface area contributed by atoms with Crippen molar-refractivity contribution in [2.45, 2.75) is 26.1 Å². The summed E-state index contributed by atoms with van der Waals surface area (Å²) in [7, 11) is 0. The number of nitrogens with one attached hydrogen (secondary N) is 1. The predicted octanol–water partition coefficient (Wildman–Crippen LogP) is 2.16. The minimum Gasteiger partial charge on any atom is -0.465 e. The van der Waals surface area contributed by atoms with Crippen molar-refractivity contribution >= 4 is 5.84 Å². The van der Waals surface area contributed by atoms with Gasteiger partial charge in [0.15, 0.2) is 5.84 Å². The van der Waals surface area contributed by atoms with Crippen LogP contribution in [0.15, 0.2) is 21.7 Å². The molecule has 19 heavy (non-hydrogen) atoms. The zero-order chi connectivity index (χ0) is 14.6. The van der Waals surface area contributed by atoms with Crippen molar-refractivity contribution in [2.75, 3.05) is 6.54 Å². The summed E-state index contributed by atoms with van der Waals surface area (Å²) in [4.78, 5) is 0. The number of furan rings is 1. The smallest absolute Gasteiger partial charge is 0.400 e. The van der Waals surface area contributed by atoms with Crippen LogP contribution in [0.25, 0.3) is 0 Å². The van der Waals surface area contributed by atoms with Crippen LogP contribution in [0.2, 0.25) is 0 Å². The fraction of sp³-hybridized carbons (Fsp3) is 0.545. The van der Waals surface area contributed by atoms with Gasteiger partial charge in [-0.15, -0.1) is 0 Å². The molecule has 0 radical (unpaired) electrons. The minimum atomic E-state index is -4.58. The Morgan fingerprint density at radius 2 is 2.16 bits per heavy atom. The number of aryl methyl sites for hydroxylation is 1. The number of alkyl halides is 3. The van der Waals surface area contributed by atoms with E-state index in [0.29, 0.717) is 11.5 Å². The molecule has 0 saturated heterocycles. The predicted molar refractivity (Wildman–Crippen MR) is 62.8 cm³/mol. The number of oxime groups is 1. The average molecular weight is 279 g/mol. The van der Waals surface area contributed by atoms with E-state index in [9.17, 15) is 13.2 Å². The van der Waals surface area contributed by atoms with Gasteiger partial charge in [-0.2, -0.15) is 13.2 Å². The molecular formula is C11H16F3N3O2. The maximum Gasteiger partial charge on any atom is 0.400 e. The van der Waals surface area contributed by atoms with Gasteiger partial charge in [-0.05, 0) is 26.0 Å². The third-order valence-corrected chi connectivity index (χ3v) is 2.68. The highest BCUT2D eigenvalue weighted by atomic mass is 19.4. The Morgan fingerprint density at radius 3 is 2.58 bits per heavy atom. The number of halogens is 3. The number of hydrogen-bond acceptors (Lipinski definition) is 4. The lowest BCUT2D eigenvalue weighted by Crippen LogP contribution is -2.43. The van der Waals surface area contributed by atoms with Gasteiger partial charge in [-0.3, -0.25) is 0 Å². The molecule has 5 nitrogen and oxygen atoms in total. The van der Waals surface area contributed by atoms with Crippen LogP contribution in [0, 0.1) is 12.8 Å². The van der Waals surface area contributed by atoms with Crippen LogP contribution >= 0.6 is 0 Å². The molecule has 0 saturated carbocycles. The Hall–Kier alpha value is -1.70. The minimum absolute atomic E-state index is 0.412. The Kier molecular flexibility index (Phi) is 4.82. The lowest BCUT2D eigenvalue weighted by Gasteiger charge is -2.21. The summed E-state index contributed by atoms with van der Waals surface area (Å²) in [6.45, 7) is 2.91. The summed E-state index contributed by atoms with van der Waals surface area (Å²) in [5.74, 6) is -1.72. The van der Waals surface area contributed by atoms with Gasteiger partial charge < -0.3 is 20.7 Å². The van der Waals surface area contributed by atoms with Crippen molar-refractivity contribution in [3.63, 3.8) is 0 Å². The van der Waals surface area contributed by atoms with Crippen LogP contribution in [0.1, 0.15) is 24.5 Å².